The number of sulfonamides is 1. The molecule has 116 valence electrons. The van der Waals surface area contributed by atoms with Gasteiger partial charge < -0.3 is 5.11 Å². The lowest BCUT2D eigenvalue weighted by Gasteiger charge is -2.30. The Kier molecular flexibility index (Phi) is 4.24. The average Bonchev–Trinajstić information content (AvgIpc) is 2.98. The minimum atomic E-state index is -3.77. The van der Waals surface area contributed by atoms with Crippen molar-refractivity contribution in [3.8, 4) is 0 Å². The highest BCUT2D eigenvalue weighted by Crippen LogP contribution is 2.29. The van der Waals surface area contributed by atoms with Gasteiger partial charge in [-0.2, -0.15) is 0 Å². The number of nitrogens with zero attached hydrogens (tertiary/aromatic N) is 2. The van der Waals surface area contributed by atoms with Gasteiger partial charge >= 0.3 is 0 Å². The fourth-order valence-electron chi connectivity index (χ4n) is 2.82. The average molecular weight is 350 g/mol. The number of aromatic nitrogens is 2. The number of hydrogen-bond donors (Lipinski definition) is 2. The van der Waals surface area contributed by atoms with Crippen LogP contribution in [0.3, 0.4) is 0 Å². The fourth-order valence-corrected chi connectivity index (χ4v) is 5.61. The molecule has 2 N–H and O–H groups in total. The molecule has 0 saturated heterocycles. The second kappa shape index (κ2) is 5.85. The third-order valence-corrected chi connectivity index (χ3v) is 6.53. The molecule has 2 unspecified atom stereocenters. The second-order valence-corrected chi connectivity index (χ2v) is 8.08. The Morgan fingerprint density at radius 1 is 1.48 bits per heavy atom. The van der Waals surface area contributed by atoms with Gasteiger partial charge in [0, 0.05) is 24.2 Å². The van der Waals surface area contributed by atoms with Crippen molar-refractivity contribution >= 4 is 37.9 Å². The molecule has 0 amide bonds. The van der Waals surface area contributed by atoms with E-state index in [0.29, 0.717) is 4.96 Å². The van der Waals surface area contributed by atoms with Crippen LogP contribution in [0.5, 0.6) is 0 Å². The molecule has 2 aromatic rings. The van der Waals surface area contributed by atoms with E-state index >= 15 is 0 Å². The van der Waals surface area contributed by atoms with Gasteiger partial charge in [0.05, 0.1) is 0 Å². The van der Waals surface area contributed by atoms with E-state index in [1.54, 1.807) is 11.6 Å². The number of halogens is 1. The van der Waals surface area contributed by atoms with Crippen LogP contribution in [0.1, 0.15) is 25.7 Å². The summed E-state index contributed by atoms with van der Waals surface area (Å²) in [6, 6.07) is -0.256. The molecule has 1 fully saturated rings. The molecule has 2 atom stereocenters. The number of thiazole rings is 1. The van der Waals surface area contributed by atoms with Crippen molar-refractivity contribution in [1.29, 1.82) is 0 Å². The molecule has 3 rings (SSSR count). The fraction of sp³-hybridized carbons (Fsp3) is 0.583. The zero-order valence-corrected chi connectivity index (χ0v) is 13.6. The highest BCUT2D eigenvalue weighted by molar-refractivity contribution is 7.89. The van der Waals surface area contributed by atoms with E-state index in [2.05, 4.69) is 9.71 Å². The van der Waals surface area contributed by atoms with Crippen molar-refractivity contribution in [3.05, 3.63) is 16.7 Å². The first kappa shape index (κ1) is 15.2. The van der Waals surface area contributed by atoms with Crippen LogP contribution in [0.2, 0.25) is 5.15 Å². The third-order valence-electron chi connectivity index (χ3n) is 3.88. The number of aliphatic hydroxyl groups excluding tert-OH is 1. The standard InChI is InChI=1S/C12H16ClN3O3S2/c13-10-11(16-5-6-20-12(16)14-10)21(18,19)15-9-4-2-1-3-8(9)7-17/h5-6,8-9,15,17H,1-4,7H2. The number of imidazole rings is 1. The van der Waals surface area contributed by atoms with Gasteiger partial charge in [0.1, 0.15) is 0 Å². The lowest BCUT2D eigenvalue weighted by atomic mass is 9.86. The molecule has 0 aliphatic heterocycles. The van der Waals surface area contributed by atoms with E-state index in [1.165, 1.54) is 15.7 Å². The molecule has 0 radical (unpaired) electrons. The molecular formula is C12H16ClN3O3S2. The third kappa shape index (κ3) is 2.83. The van der Waals surface area contributed by atoms with E-state index in [9.17, 15) is 13.5 Å². The van der Waals surface area contributed by atoms with Crippen LogP contribution in [0.15, 0.2) is 16.6 Å². The van der Waals surface area contributed by atoms with Crippen molar-refractivity contribution in [3.63, 3.8) is 0 Å². The van der Waals surface area contributed by atoms with Gasteiger partial charge in [0.25, 0.3) is 10.0 Å². The molecule has 2 heterocycles. The number of fused-ring (bicyclic) bond motifs is 1. The van der Waals surface area contributed by atoms with Crippen LogP contribution in [0, 0.1) is 5.92 Å². The van der Waals surface area contributed by atoms with Crippen LogP contribution >= 0.6 is 22.9 Å². The lowest BCUT2D eigenvalue weighted by molar-refractivity contribution is 0.164. The summed E-state index contributed by atoms with van der Waals surface area (Å²) in [5.41, 5.74) is 0. The van der Waals surface area contributed by atoms with E-state index in [-0.39, 0.29) is 28.7 Å². The largest absolute Gasteiger partial charge is 0.396 e. The van der Waals surface area contributed by atoms with Crippen LogP contribution in [0.4, 0.5) is 0 Å². The zero-order valence-electron chi connectivity index (χ0n) is 11.2. The van der Waals surface area contributed by atoms with E-state index < -0.39 is 10.0 Å². The highest BCUT2D eigenvalue weighted by Gasteiger charge is 2.32. The Labute approximate surface area is 131 Å². The van der Waals surface area contributed by atoms with Gasteiger partial charge in [-0.25, -0.2) is 18.1 Å². The number of nitrogens with one attached hydrogen (secondary N) is 1. The highest BCUT2D eigenvalue weighted by atomic mass is 35.5. The second-order valence-electron chi connectivity index (χ2n) is 5.22. The number of aliphatic hydroxyl groups is 1. The molecule has 2 aromatic heterocycles. The SMILES string of the molecule is O=S(=O)(NC1CCCCC1CO)c1c(Cl)nc2sccn12. The van der Waals surface area contributed by atoms with Crippen LogP contribution in [-0.4, -0.2) is 35.6 Å². The van der Waals surface area contributed by atoms with Crippen molar-refractivity contribution in [1.82, 2.24) is 14.1 Å². The Morgan fingerprint density at radius 2 is 2.24 bits per heavy atom. The molecule has 1 aliphatic rings. The van der Waals surface area contributed by atoms with Gasteiger partial charge in [-0.05, 0) is 18.8 Å². The minimum Gasteiger partial charge on any atom is -0.396 e. The summed E-state index contributed by atoms with van der Waals surface area (Å²) in [5.74, 6) is -0.0433. The predicted octanol–water partition coefficient (Wildman–Crippen LogP) is 1.88. The van der Waals surface area contributed by atoms with Gasteiger partial charge in [-0.1, -0.05) is 24.4 Å². The predicted molar refractivity (Wildman–Crippen MR) is 81.2 cm³/mol. The summed E-state index contributed by atoms with van der Waals surface area (Å²) < 4.78 is 29.4. The molecule has 9 heteroatoms. The molecule has 1 saturated carbocycles. The Morgan fingerprint density at radius 3 is 3.00 bits per heavy atom. The zero-order chi connectivity index (χ0) is 15.0. The molecule has 21 heavy (non-hydrogen) atoms. The first-order valence-corrected chi connectivity index (χ1v) is 9.51. The summed E-state index contributed by atoms with van der Waals surface area (Å²) in [6.07, 6.45) is 5.17. The monoisotopic (exact) mass is 349 g/mol. The first-order chi connectivity index (χ1) is 10.0. The molecular weight excluding hydrogens is 334 g/mol. The van der Waals surface area contributed by atoms with Crippen molar-refractivity contribution in [2.75, 3.05) is 6.61 Å². The molecule has 0 spiro atoms. The Bertz CT molecular complexity index is 740. The van der Waals surface area contributed by atoms with Gasteiger partial charge in [0.15, 0.2) is 15.1 Å². The van der Waals surface area contributed by atoms with Crippen molar-refractivity contribution in [2.45, 2.75) is 36.8 Å². The normalized spacial score (nSPS) is 23.7. The topological polar surface area (TPSA) is 83.7 Å². The summed E-state index contributed by atoms with van der Waals surface area (Å²) in [4.78, 5) is 4.59. The summed E-state index contributed by atoms with van der Waals surface area (Å²) in [5, 5.41) is 11.1. The summed E-state index contributed by atoms with van der Waals surface area (Å²) in [6.45, 7) is -0.0127. The maximum atomic E-state index is 12.6. The molecule has 1 aliphatic carbocycles. The summed E-state index contributed by atoms with van der Waals surface area (Å²) in [7, 11) is -3.77. The lowest BCUT2D eigenvalue weighted by Crippen LogP contribution is -2.43. The van der Waals surface area contributed by atoms with Crippen LogP contribution in [-0.2, 0) is 10.0 Å². The van der Waals surface area contributed by atoms with E-state index in [4.69, 9.17) is 11.6 Å². The number of hydrogen-bond acceptors (Lipinski definition) is 5. The number of rotatable bonds is 4. The van der Waals surface area contributed by atoms with Gasteiger partial charge in [-0.15, -0.1) is 11.3 Å². The van der Waals surface area contributed by atoms with Crippen molar-refractivity contribution < 1.29 is 13.5 Å². The Hall–Kier alpha value is -0.670. The van der Waals surface area contributed by atoms with Crippen molar-refractivity contribution in [2.24, 2.45) is 5.92 Å². The molecule has 0 bridgehead atoms. The van der Waals surface area contributed by atoms with Crippen LogP contribution in [0.25, 0.3) is 4.96 Å². The molecule has 6 nitrogen and oxygen atoms in total. The maximum absolute atomic E-state index is 12.6. The van der Waals surface area contributed by atoms with Gasteiger partial charge in [-0.3, -0.25) is 4.40 Å². The smallest absolute Gasteiger partial charge is 0.260 e. The molecule has 0 aromatic carbocycles. The quantitative estimate of drug-likeness (QED) is 0.882. The minimum absolute atomic E-state index is 0.0127. The first-order valence-electron chi connectivity index (χ1n) is 6.77. The maximum Gasteiger partial charge on any atom is 0.260 e. The summed E-state index contributed by atoms with van der Waals surface area (Å²) >= 11 is 7.31. The van der Waals surface area contributed by atoms with Gasteiger partial charge in [0.2, 0.25) is 0 Å². The van der Waals surface area contributed by atoms with E-state index in [1.807, 2.05) is 0 Å². The Balaban J connectivity index is 1.93. The van der Waals surface area contributed by atoms with Crippen LogP contribution < -0.4 is 4.72 Å². The van der Waals surface area contributed by atoms with E-state index in [0.717, 1.165) is 25.7 Å².